The Hall–Kier alpha value is -4.94. The Bertz CT molecular complexity index is 1190. The Kier molecular flexibility index (Phi) is 6.40. The van der Waals surface area contributed by atoms with Crippen LogP contribution < -0.4 is 16.1 Å². The maximum absolute atomic E-state index is 10.9. The molecule has 0 amide bonds. The van der Waals surface area contributed by atoms with Crippen LogP contribution in [-0.2, 0) is 13.1 Å². The molecule has 13 heteroatoms. The minimum Gasteiger partial charge on any atom is -0.507 e. The van der Waals surface area contributed by atoms with Crippen molar-refractivity contribution in [3.05, 3.63) is 82.2 Å². The van der Waals surface area contributed by atoms with Crippen molar-refractivity contribution in [1.82, 2.24) is 15.0 Å². The highest BCUT2D eigenvalue weighted by Gasteiger charge is 2.10. The molecule has 0 atom stereocenters. The van der Waals surface area contributed by atoms with E-state index in [4.69, 9.17) is 8.83 Å². The van der Waals surface area contributed by atoms with Gasteiger partial charge in [0.25, 0.3) is 5.69 Å². The van der Waals surface area contributed by atoms with Gasteiger partial charge in [-0.3, -0.25) is 10.1 Å². The van der Waals surface area contributed by atoms with Crippen LogP contribution in [0.3, 0.4) is 0 Å². The fourth-order valence-corrected chi connectivity index (χ4v) is 2.66. The molecule has 0 aliphatic carbocycles. The van der Waals surface area contributed by atoms with Gasteiger partial charge in [0.05, 0.1) is 36.8 Å². The second-order valence-corrected chi connectivity index (χ2v) is 6.54. The summed E-state index contributed by atoms with van der Waals surface area (Å²) in [4.78, 5) is 23.2. The summed E-state index contributed by atoms with van der Waals surface area (Å²) in [6.07, 6.45) is 4.34. The lowest BCUT2D eigenvalue weighted by molar-refractivity contribution is -0.384. The van der Waals surface area contributed by atoms with E-state index in [-0.39, 0.29) is 34.8 Å². The molecule has 0 saturated heterocycles. The van der Waals surface area contributed by atoms with Gasteiger partial charge in [0.2, 0.25) is 17.8 Å². The van der Waals surface area contributed by atoms with Crippen LogP contribution in [-0.4, -0.2) is 31.2 Å². The number of non-ortho nitro benzene ring substituents is 1. The van der Waals surface area contributed by atoms with Crippen LogP contribution in [0.25, 0.3) is 0 Å². The van der Waals surface area contributed by atoms with Crippen molar-refractivity contribution in [3.63, 3.8) is 0 Å². The predicted molar refractivity (Wildman–Crippen MR) is 118 cm³/mol. The zero-order valence-electron chi connectivity index (χ0n) is 17.0. The number of phenols is 1. The summed E-state index contributed by atoms with van der Waals surface area (Å²) in [6.45, 7) is 0.692. The molecule has 0 aliphatic rings. The fourth-order valence-electron chi connectivity index (χ4n) is 2.66. The van der Waals surface area contributed by atoms with E-state index >= 15 is 0 Å². The normalized spacial score (nSPS) is 10.9. The van der Waals surface area contributed by atoms with Gasteiger partial charge in [-0.05, 0) is 30.3 Å². The standard InChI is InChI=1S/C20H18N8O5/c29-17-6-5-14(28(30)31)9-13(17)10-23-27-20-25-18(21-11-15-3-1-7-32-15)24-19(26-20)22-12-16-4-2-8-33-16/h1-10,29H,11-12H2,(H3,21,22,24,25,26,27)/b23-10+. The Morgan fingerprint density at radius 3 is 2.12 bits per heavy atom. The highest BCUT2D eigenvalue weighted by molar-refractivity contribution is 5.84. The number of anilines is 3. The summed E-state index contributed by atoms with van der Waals surface area (Å²) >= 11 is 0. The van der Waals surface area contributed by atoms with Gasteiger partial charge in [0, 0.05) is 17.7 Å². The average Bonchev–Trinajstić information content (AvgIpc) is 3.52. The number of nitrogens with zero attached hydrogens (tertiary/aromatic N) is 5. The van der Waals surface area contributed by atoms with Gasteiger partial charge in [-0.2, -0.15) is 20.1 Å². The number of rotatable bonds is 10. The third kappa shape index (κ3) is 5.81. The van der Waals surface area contributed by atoms with Crippen molar-refractivity contribution in [1.29, 1.82) is 0 Å². The number of furan rings is 2. The number of benzene rings is 1. The number of nitro groups is 1. The molecular weight excluding hydrogens is 432 g/mol. The monoisotopic (exact) mass is 450 g/mol. The van der Waals surface area contributed by atoms with E-state index in [1.54, 1.807) is 36.8 Å². The molecule has 0 fully saturated rings. The summed E-state index contributed by atoms with van der Waals surface area (Å²) in [7, 11) is 0. The van der Waals surface area contributed by atoms with E-state index in [0.29, 0.717) is 24.6 Å². The first-order valence-electron chi connectivity index (χ1n) is 9.62. The van der Waals surface area contributed by atoms with Crippen LogP contribution in [0.4, 0.5) is 23.5 Å². The number of aromatic nitrogens is 3. The lowest BCUT2D eigenvalue weighted by Crippen LogP contribution is -2.11. The molecule has 0 unspecified atom stereocenters. The van der Waals surface area contributed by atoms with E-state index in [1.807, 2.05) is 0 Å². The molecule has 1 aromatic carbocycles. The first-order chi connectivity index (χ1) is 16.1. The number of phenolic OH excluding ortho intramolecular Hbond substituents is 1. The highest BCUT2D eigenvalue weighted by atomic mass is 16.6. The van der Waals surface area contributed by atoms with E-state index < -0.39 is 4.92 Å². The fraction of sp³-hybridized carbons (Fsp3) is 0.100. The van der Waals surface area contributed by atoms with Gasteiger partial charge in [-0.25, -0.2) is 5.43 Å². The van der Waals surface area contributed by atoms with Gasteiger partial charge in [-0.15, -0.1) is 0 Å². The molecular formula is C20H18N8O5. The largest absolute Gasteiger partial charge is 0.507 e. The van der Waals surface area contributed by atoms with Crippen molar-refractivity contribution >= 4 is 29.7 Å². The number of nitrogens with one attached hydrogen (secondary N) is 3. The predicted octanol–water partition coefficient (Wildman–Crippen LogP) is 3.34. The lowest BCUT2D eigenvalue weighted by Gasteiger charge is -2.09. The summed E-state index contributed by atoms with van der Waals surface area (Å²) in [5.41, 5.74) is 2.61. The smallest absolute Gasteiger partial charge is 0.270 e. The van der Waals surface area contributed by atoms with Crippen molar-refractivity contribution in [2.75, 3.05) is 16.1 Å². The van der Waals surface area contributed by atoms with Crippen LogP contribution in [0.2, 0.25) is 0 Å². The molecule has 3 heterocycles. The third-order valence-corrected chi connectivity index (χ3v) is 4.23. The van der Waals surface area contributed by atoms with Gasteiger partial charge in [0.1, 0.15) is 17.3 Å². The Morgan fingerprint density at radius 1 is 0.970 bits per heavy atom. The number of hydrogen-bond acceptors (Lipinski definition) is 12. The maximum Gasteiger partial charge on any atom is 0.270 e. The van der Waals surface area contributed by atoms with Gasteiger partial charge < -0.3 is 24.6 Å². The summed E-state index contributed by atoms with van der Waals surface area (Å²) in [5.74, 6) is 1.81. The molecule has 4 N–H and O–H groups in total. The summed E-state index contributed by atoms with van der Waals surface area (Å²) in [6, 6.07) is 10.8. The first-order valence-corrected chi connectivity index (χ1v) is 9.62. The molecule has 0 saturated carbocycles. The molecule has 3 aromatic heterocycles. The topological polar surface area (TPSA) is 177 Å². The van der Waals surface area contributed by atoms with Gasteiger partial charge in [-0.1, -0.05) is 0 Å². The van der Waals surface area contributed by atoms with Crippen LogP contribution in [0, 0.1) is 10.1 Å². The van der Waals surface area contributed by atoms with Crippen molar-refractivity contribution in [2.45, 2.75) is 13.1 Å². The average molecular weight is 450 g/mol. The zero-order valence-corrected chi connectivity index (χ0v) is 17.0. The van der Waals surface area contributed by atoms with Gasteiger partial charge >= 0.3 is 0 Å². The molecule has 168 valence electrons. The summed E-state index contributed by atoms with van der Waals surface area (Å²) < 4.78 is 10.6. The molecule has 4 rings (SSSR count). The number of aromatic hydroxyl groups is 1. The Balaban J connectivity index is 1.50. The van der Waals surface area contributed by atoms with Gasteiger partial charge in [0.15, 0.2) is 0 Å². The molecule has 0 aliphatic heterocycles. The Morgan fingerprint density at radius 2 is 1.58 bits per heavy atom. The second kappa shape index (κ2) is 9.91. The lowest BCUT2D eigenvalue weighted by atomic mass is 10.2. The Labute approximate surface area is 186 Å². The van der Waals surface area contributed by atoms with E-state index in [9.17, 15) is 15.2 Å². The second-order valence-electron chi connectivity index (χ2n) is 6.54. The molecule has 33 heavy (non-hydrogen) atoms. The minimum atomic E-state index is -0.565. The third-order valence-electron chi connectivity index (χ3n) is 4.23. The highest BCUT2D eigenvalue weighted by Crippen LogP contribution is 2.21. The summed E-state index contributed by atoms with van der Waals surface area (Å²) in [5, 5.41) is 30.9. The number of nitro benzene ring substituents is 1. The van der Waals surface area contributed by atoms with Crippen LogP contribution in [0.5, 0.6) is 5.75 Å². The molecule has 0 radical (unpaired) electrons. The molecule has 0 bridgehead atoms. The number of hydrazone groups is 1. The van der Waals surface area contributed by atoms with E-state index in [2.05, 4.69) is 36.1 Å². The van der Waals surface area contributed by atoms with Crippen LogP contribution in [0.1, 0.15) is 17.1 Å². The molecule has 13 nitrogen and oxygen atoms in total. The van der Waals surface area contributed by atoms with Crippen LogP contribution in [0.15, 0.2) is 68.9 Å². The van der Waals surface area contributed by atoms with E-state index in [1.165, 1.54) is 24.4 Å². The SMILES string of the molecule is O=[N+]([O-])c1ccc(O)c(/C=N/Nc2nc(NCc3ccco3)nc(NCc3ccco3)n2)c1. The number of hydrogen-bond donors (Lipinski definition) is 4. The molecule has 4 aromatic rings. The van der Waals surface area contributed by atoms with Crippen molar-refractivity contribution < 1.29 is 18.9 Å². The van der Waals surface area contributed by atoms with Crippen molar-refractivity contribution in [3.8, 4) is 5.75 Å². The first kappa shape index (κ1) is 21.3. The molecule has 0 spiro atoms. The zero-order chi connectivity index (χ0) is 23.0. The maximum atomic E-state index is 10.9. The minimum absolute atomic E-state index is 0.0926. The van der Waals surface area contributed by atoms with E-state index in [0.717, 1.165) is 0 Å². The van der Waals surface area contributed by atoms with Crippen LogP contribution >= 0.6 is 0 Å². The quantitative estimate of drug-likeness (QED) is 0.158. The van der Waals surface area contributed by atoms with Crippen molar-refractivity contribution in [2.24, 2.45) is 5.10 Å².